The molecule has 2 aliphatic heterocycles. The van der Waals surface area contributed by atoms with Crippen molar-refractivity contribution in [3.63, 3.8) is 0 Å². The second-order valence-corrected chi connectivity index (χ2v) is 10.2. The topological polar surface area (TPSA) is 62.1 Å². The summed E-state index contributed by atoms with van der Waals surface area (Å²) in [6, 6.07) is 13.6. The number of fused-ring (bicyclic) bond motifs is 1. The third-order valence-corrected chi connectivity index (χ3v) is 8.30. The van der Waals surface area contributed by atoms with Gasteiger partial charge in [0, 0.05) is 26.2 Å². The Balaban J connectivity index is 1.39. The minimum atomic E-state index is -3.55. The number of carbonyl (C=O) groups is 1. The smallest absolute Gasteiger partial charge is 0.277 e. The van der Waals surface area contributed by atoms with Crippen LogP contribution >= 0.6 is 0 Å². The highest BCUT2D eigenvalue weighted by Gasteiger charge is 2.32. The Morgan fingerprint density at radius 3 is 2.48 bits per heavy atom. The van der Waals surface area contributed by atoms with Gasteiger partial charge in [0.25, 0.3) is 5.91 Å². The fourth-order valence-corrected chi connectivity index (χ4v) is 5.93. The number of sulfonamides is 1. The number of piperazine rings is 1. The number of benzene rings is 2. The van der Waals surface area contributed by atoms with E-state index in [0.29, 0.717) is 43.7 Å². The van der Waals surface area contributed by atoms with Gasteiger partial charge in [-0.1, -0.05) is 30.3 Å². The summed E-state index contributed by atoms with van der Waals surface area (Å²) in [4.78, 5) is 16.2. The van der Waals surface area contributed by atoms with Gasteiger partial charge >= 0.3 is 0 Å². The molecule has 0 saturated carbocycles. The zero-order valence-electron chi connectivity index (χ0n) is 17.0. The molecule has 2 aromatic carbocycles. The zero-order chi connectivity index (χ0) is 20.4. The van der Waals surface area contributed by atoms with Gasteiger partial charge in [0.2, 0.25) is 10.0 Å². The summed E-state index contributed by atoms with van der Waals surface area (Å²) in [7, 11) is -3.55. The Bertz CT molecular complexity index is 984. The van der Waals surface area contributed by atoms with Crippen LogP contribution in [0.25, 0.3) is 10.8 Å². The molecule has 0 spiro atoms. The van der Waals surface area contributed by atoms with Crippen molar-refractivity contribution in [2.75, 3.05) is 39.3 Å². The van der Waals surface area contributed by atoms with Crippen molar-refractivity contribution in [3.8, 4) is 0 Å². The molecule has 29 heavy (non-hydrogen) atoms. The van der Waals surface area contributed by atoms with Crippen molar-refractivity contribution >= 4 is 26.7 Å². The molecule has 7 heteroatoms. The predicted octanol–water partition coefficient (Wildman–Crippen LogP) is 1.13. The lowest BCUT2D eigenvalue weighted by Gasteiger charge is -2.36. The van der Waals surface area contributed by atoms with Crippen molar-refractivity contribution in [1.29, 1.82) is 0 Å². The van der Waals surface area contributed by atoms with E-state index in [1.165, 1.54) is 28.5 Å². The van der Waals surface area contributed by atoms with E-state index in [2.05, 4.69) is 6.92 Å². The molecule has 6 nitrogen and oxygen atoms in total. The van der Waals surface area contributed by atoms with Crippen molar-refractivity contribution in [2.45, 2.75) is 37.1 Å². The molecule has 2 atom stereocenters. The van der Waals surface area contributed by atoms with E-state index in [4.69, 9.17) is 0 Å². The monoisotopic (exact) mass is 416 g/mol. The predicted molar refractivity (Wildman–Crippen MR) is 113 cm³/mol. The molecule has 0 aromatic heterocycles. The maximum absolute atomic E-state index is 13.1. The Kier molecular flexibility index (Phi) is 5.90. The number of rotatable bonds is 4. The first-order valence-electron chi connectivity index (χ1n) is 10.6. The standard InChI is InChI=1S/C22H29N3O3S/c1-18-6-4-5-11-24(18)17-22(26)23-12-14-25(15-13-23)29(27,28)21-10-9-19-7-2-3-8-20(19)16-21/h2-3,7-10,16,18H,4-6,11-15,17H2,1H3/p+1/t18-/m1/s1. The van der Waals surface area contributed by atoms with E-state index in [1.807, 2.05) is 35.2 Å². The second kappa shape index (κ2) is 8.42. The SMILES string of the molecule is C[C@@H]1CCCC[NH+]1CC(=O)N1CCN(S(=O)(=O)c2ccc3ccccc3c2)CC1. The molecular weight excluding hydrogens is 386 g/mol. The van der Waals surface area contributed by atoms with Gasteiger partial charge < -0.3 is 9.80 Å². The van der Waals surface area contributed by atoms with Crippen LogP contribution in [0.1, 0.15) is 26.2 Å². The Hall–Kier alpha value is -1.96. The molecule has 0 aliphatic carbocycles. The van der Waals surface area contributed by atoms with Crippen LogP contribution in [0.5, 0.6) is 0 Å². The number of nitrogens with one attached hydrogen (secondary N) is 1. The third-order valence-electron chi connectivity index (χ3n) is 6.41. The summed E-state index contributed by atoms with van der Waals surface area (Å²) in [5.74, 6) is 0.150. The van der Waals surface area contributed by atoms with Crippen LogP contribution in [-0.2, 0) is 14.8 Å². The maximum atomic E-state index is 13.1. The van der Waals surface area contributed by atoms with Gasteiger partial charge in [-0.2, -0.15) is 4.31 Å². The molecule has 2 aliphatic rings. The van der Waals surface area contributed by atoms with Gasteiger partial charge in [-0.05, 0) is 49.1 Å². The lowest BCUT2D eigenvalue weighted by atomic mass is 10.0. The van der Waals surface area contributed by atoms with Crippen LogP contribution in [0, 0.1) is 0 Å². The number of hydrogen-bond donors (Lipinski definition) is 1. The van der Waals surface area contributed by atoms with Crippen LogP contribution in [0.4, 0.5) is 0 Å². The molecule has 1 unspecified atom stereocenters. The third kappa shape index (κ3) is 4.32. The quantitative estimate of drug-likeness (QED) is 0.813. The molecule has 2 saturated heterocycles. The average Bonchev–Trinajstić information content (AvgIpc) is 2.75. The van der Waals surface area contributed by atoms with Gasteiger partial charge in [0.05, 0.1) is 17.5 Å². The molecule has 156 valence electrons. The zero-order valence-corrected chi connectivity index (χ0v) is 17.8. The van der Waals surface area contributed by atoms with E-state index in [1.54, 1.807) is 12.1 Å². The molecule has 0 bridgehead atoms. The molecule has 4 rings (SSSR count). The van der Waals surface area contributed by atoms with Crippen molar-refractivity contribution in [1.82, 2.24) is 9.21 Å². The van der Waals surface area contributed by atoms with Crippen LogP contribution < -0.4 is 4.90 Å². The van der Waals surface area contributed by atoms with Crippen molar-refractivity contribution in [3.05, 3.63) is 42.5 Å². The molecule has 0 radical (unpaired) electrons. The summed E-state index contributed by atoms with van der Waals surface area (Å²) < 4.78 is 27.7. The molecule has 2 heterocycles. The molecule has 2 fully saturated rings. The maximum Gasteiger partial charge on any atom is 0.277 e. The van der Waals surface area contributed by atoms with Gasteiger partial charge in [-0.15, -0.1) is 0 Å². The number of hydrogen-bond acceptors (Lipinski definition) is 3. The van der Waals surface area contributed by atoms with E-state index < -0.39 is 10.0 Å². The first-order valence-corrected chi connectivity index (χ1v) is 12.0. The minimum Gasteiger partial charge on any atom is -0.335 e. The Labute approximate surface area is 173 Å². The summed E-state index contributed by atoms with van der Waals surface area (Å²) in [5, 5.41) is 1.94. The van der Waals surface area contributed by atoms with Gasteiger partial charge in [-0.3, -0.25) is 4.79 Å². The van der Waals surface area contributed by atoms with Crippen LogP contribution in [0.15, 0.2) is 47.4 Å². The first-order chi connectivity index (χ1) is 13.9. The minimum absolute atomic E-state index is 0.150. The van der Waals surface area contributed by atoms with Crippen LogP contribution in [0.2, 0.25) is 0 Å². The van der Waals surface area contributed by atoms with E-state index in [0.717, 1.165) is 17.3 Å². The summed E-state index contributed by atoms with van der Waals surface area (Å²) >= 11 is 0. The number of likely N-dealkylation sites (tertiary alicyclic amines) is 1. The van der Waals surface area contributed by atoms with Gasteiger partial charge in [0.1, 0.15) is 0 Å². The molecular formula is C22H30N3O3S+. The van der Waals surface area contributed by atoms with E-state index in [-0.39, 0.29) is 5.91 Å². The van der Waals surface area contributed by atoms with Crippen molar-refractivity contribution in [2.24, 2.45) is 0 Å². The average molecular weight is 417 g/mol. The highest BCUT2D eigenvalue weighted by Crippen LogP contribution is 2.22. The molecule has 1 amide bonds. The lowest BCUT2D eigenvalue weighted by molar-refractivity contribution is -0.921. The molecule has 2 aromatic rings. The first kappa shape index (κ1) is 20.3. The Morgan fingerprint density at radius 2 is 1.76 bits per heavy atom. The fourth-order valence-electron chi connectivity index (χ4n) is 4.48. The highest BCUT2D eigenvalue weighted by atomic mass is 32.2. The van der Waals surface area contributed by atoms with E-state index >= 15 is 0 Å². The van der Waals surface area contributed by atoms with E-state index in [9.17, 15) is 13.2 Å². The van der Waals surface area contributed by atoms with Crippen LogP contribution in [0.3, 0.4) is 0 Å². The summed E-state index contributed by atoms with van der Waals surface area (Å²) in [6.07, 6.45) is 3.62. The number of piperidine rings is 1. The van der Waals surface area contributed by atoms with Gasteiger partial charge in [-0.25, -0.2) is 8.42 Å². The number of nitrogens with zero attached hydrogens (tertiary/aromatic N) is 2. The molecule has 1 N–H and O–H groups in total. The Morgan fingerprint density at radius 1 is 1.03 bits per heavy atom. The number of amides is 1. The fraction of sp³-hybridized carbons (Fsp3) is 0.500. The highest BCUT2D eigenvalue weighted by molar-refractivity contribution is 7.89. The second-order valence-electron chi connectivity index (χ2n) is 8.28. The number of quaternary nitrogens is 1. The normalized spacial score (nSPS) is 24.0. The van der Waals surface area contributed by atoms with Crippen molar-refractivity contribution < 1.29 is 18.1 Å². The summed E-state index contributed by atoms with van der Waals surface area (Å²) in [5.41, 5.74) is 0. The summed E-state index contributed by atoms with van der Waals surface area (Å²) in [6.45, 7) is 5.44. The largest absolute Gasteiger partial charge is 0.335 e. The van der Waals surface area contributed by atoms with Crippen LogP contribution in [-0.4, -0.2) is 68.8 Å². The lowest BCUT2D eigenvalue weighted by Crippen LogP contribution is -3.17. The van der Waals surface area contributed by atoms with Gasteiger partial charge in [0.15, 0.2) is 6.54 Å². The number of carbonyl (C=O) groups excluding carboxylic acids is 1.